The number of non-ortho nitro benzene ring substituents is 1. The van der Waals surface area contributed by atoms with Crippen molar-refractivity contribution in [3.63, 3.8) is 0 Å². The van der Waals surface area contributed by atoms with E-state index in [1.54, 1.807) is 12.1 Å². The molecule has 0 amide bonds. The van der Waals surface area contributed by atoms with Crippen LogP contribution in [0.15, 0.2) is 35.1 Å². The van der Waals surface area contributed by atoms with Crippen LogP contribution in [0.3, 0.4) is 0 Å². The molecule has 0 saturated heterocycles. The van der Waals surface area contributed by atoms with E-state index in [1.165, 1.54) is 22.8 Å². The van der Waals surface area contributed by atoms with Gasteiger partial charge in [-0.25, -0.2) is 4.98 Å². The van der Waals surface area contributed by atoms with Gasteiger partial charge in [0.2, 0.25) is 0 Å². The summed E-state index contributed by atoms with van der Waals surface area (Å²) in [6.07, 6.45) is 0. The Morgan fingerprint density at radius 2 is 2.10 bits per heavy atom. The Hall–Kier alpha value is -2.21. The summed E-state index contributed by atoms with van der Waals surface area (Å²) < 4.78 is 1.48. The second kappa shape index (κ2) is 6.05. The number of aromatic nitrogens is 2. The molecular formula is C14H14ClN3O3. The van der Waals surface area contributed by atoms with Crippen molar-refractivity contribution in [2.24, 2.45) is 0 Å². The second-order valence-electron chi connectivity index (χ2n) is 4.94. The summed E-state index contributed by atoms with van der Waals surface area (Å²) in [6.45, 7) is 4.03. The molecule has 2 rings (SSSR count). The van der Waals surface area contributed by atoms with Crippen LogP contribution in [0.2, 0.25) is 5.15 Å². The number of halogens is 1. The molecule has 21 heavy (non-hydrogen) atoms. The molecule has 0 aliphatic rings. The zero-order chi connectivity index (χ0) is 15.6. The molecule has 0 atom stereocenters. The van der Waals surface area contributed by atoms with E-state index in [0.29, 0.717) is 11.4 Å². The molecule has 0 spiro atoms. The highest BCUT2D eigenvalue weighted by Gasteiger charge is 2.13. The van der Waals surface area contributed by atoms with E-state index in [4.69, 9.17) is 11.6 Å². The minimum atomic E-state index is -0.463. The maximum atomic E-state index is 12.1. The molecule has 0 saturated carbocycles. The van der Waals surface area contributed by atoms with E-state index in [2.05, 4.69) is 4.98 Å². The number of hydrogen-bond donors (Lipinski definition) is 0. The normalized spacial score (nSPS) is 10.9. The van der Waals surface area contributed by atoms with Crippen molar-refractivity contribution in [3.05, 3.63) is 67.3 Å². The molecule has 110 valence electrons. The molecule has 6 nitrogen and oxygen atoms in total. The molecule has 0 aliphatic heterocycles. The van der Waals surface area contributed by atoms with Crippen LogP contribution in [0.4, 0.5) is 5.69 Å². The second-order valence-corrected chi connectivity index (χ2v) is 5.33. The van der Waals surface area contributed by atoms with Crippen molar-refractivity contribution in [1.29, 1.82) is 0 Å². The van der Waals surface area contributed by atoms with Crippen molar-refractivity contribution >= 4 is 17.3 Å². The smallest absolute Gasteiger partial charge is 0.269 e. The first-order valence-electron chi connectivity index (χ1n) is 6.39. The van der Waals surface area contributed by atoms with E-state index in [-0.39, 0.29) is 28.9 Å². The molecule has 0 N–H and O–H groups in total. The van der Waals surface area contributed by atoms with Crippen LogP contribution in [-0.4, -0.2) is 14.5 Å². The zero-order valence-corrected chi connectivity index (χ0v) is 12.4. The molecule has 7 heteroatoms. The minimum absolute atomic E-state index is 0.00595. The SMILES string of the molecule is CC(C)c1nc(Cl)cc(=O)n1Cc1cccc([N+](=O)[O-])c1. The standard InChI is InChI=1S/C14H14ClN3O3/c1-9(2)14-16-12(15)7-13(19)17(14)8-10-4-3-5-11(6-10)18(20)21/h3-7,9H,8H2,1-2H3. The molecule has 0 aliphatic carbocycles. The first-order chi connectivity index (χ1) is 9.88. The Balaban J connectivity index is 2.46. The number of rotatable bonds is 4. The van der Waals surface area contributed by atoms with Gasteiger partial charge in [-0.15, -0.1) is 0 Å². The van der Waals surface area contributed by atoms with Crippen molar-refractivity contribution in [3.8, 4) is 0 Å². The van der Waals surface area contributed by atoms with Gasteiger partial charge in [-0.05, 0) is 5.56 Å². The molecule has 0 fully saturated rings. The Morgan fingerprint density at radius 3 is 2.71 bits per heavy atom. The molecule has 1 aromatic carbocycles. The first-order valence-corrected chi connectivity index (χ1v) is 6.77. The quantitative estimate of drug-likeness (QED) is 0.494. The van der Waals surface area contributed by atoms with E-state index in [1.807, 2.05) is 13.8 Å². The van der Waals surface area contributed by atoms with Gasteiger partial charge in [-0.1, -0.05) is 37.6 Å². The number of nitrogens with zero attached hydrogens (tertiary/aromatic N) is 3. The predicted octanol–water partition coefficient (Wildman–Crippen LogP) is 2.98. The number of nitro groups is 1. The number of benzene rings is 1. The van der Waals surface area contributed by atoms with Gasteiger partial charge in [0.1, 0.15) is 11.0 Å². The number of nitro benzene ring substituents is 1. The Bertz CT molecular complexity index is 740. The molecule has 1 heterocycles. The molecular weight excluding hydrogens is 294 g/mol. The zero-order valence-electron chi connectivity index (χ0n) is 11.6. The van der Waals surface area contributed by atoms with Crippen LogP contribution in [0, 0.1) is 10.1 Å². The van der Waals surface area contributed by atoms with Gasteiger partial charge < -0.3 is 0 Å². The van der Waals surface area contributed by atoms with Gasteiger partial charge in [0, 0.05) is 24.1 Å². The van der Waals surface area contributed by atoms with Gasteiger partial charge >= 0.3 is 0 Å². The highest BCUT2D eigenvalue weighted by atomic mass is 35.5. The lowest BCUT2D eigenvalue weighted by atomic mass is 10.1. The van der Waals surface area contributed by atoms with E-state index < -0.39 is 4.92 Å². The largest absolute Gasteiger partial charge is 0.292 e. The lowest BCUT2D eigenvalue weighted by Gasteiger charge is -2.14. The molecule has 0 radical (unpaired) electrons. The molecule has 1 aromatic heterocycles. The van der Waals surface area contributed by atoms with Crippen LogP contribution in [0.5, 0.6) is 0 Å². The van der Waals surface area contributed by atoms with E-state index in [9.17, 15) is 14.9 Å². The van der Waals surface area contributed by atoms with Gasteiger partial charge in [-0.3, -0.25) is 19.5 Å². The maximum Gasteiger partial charge on any atom is 0.269 e. The van der Waals surface area contributed by atoms with Gasteiger partial charge in [0.05, 0.1) is 11.5 Å². The molecule has 0 unspecified atom stereocenters. The topological polar surface area (TPSA) is 78.0 Å². The third-order valence-electron chi connectivity index (χ3n) is 2.98. The fourth-order valence-electron chi connectivity index (χ4n) is 2.05. The highest BCUT2D eigenvalue weighted by Crippen LogP contribution is 2.17. The Labute approximate surface area is 126 Å². The van der Waals surface area contributed by atoms with Crippen molar-refractivity contribution in [1.82, 2.24) is 9.55 Å². The Kier molecular flexibility index (Phi) is 4.37. The molecule has 2 aromatic rings. The van der Waals surface area contributed by atoms with Crippen molar-refractivity contribution in [2.45, 2.75) is 26.3 Å². The summed E-state index contributed by atoms with van der Waals surface area (Å²) in [6, 6.07) is 7.43. The number of hydrogen-bond acceptors (Lipinski definition) is 4. The Morgan fingerprint density at radius 1 is 1.38 bits per heavy atom. The fraction of sp³-hybridized carbons (Fsp3) is 0.286. The lowest BCUT2D eigenvalue weighted by Crippen LogP contribution is -2.25. The van der Waals surface area contributed by atoms with Crippen LogP contribution in [0.1, 0.15) is 31.2 Å². The van der Waals surface area contributed by atoms with Crippen LogP contribution in [0.25, 0.3) is 0 Å². The van der Waals surface area contributed by atoms with E-state index in [0.717, 1.165) is 0 Å². The van der Waals surface area contributed by atoms with Gasteiger partial charge in [-0.2, -0.15) is 0 Å². The summed E-state index contributed by atoms with van der Waals surface area (Å²) >= 11 is 5.82. The third kappa shape index (κ3) is 3.46. The highest BCUT2D eigenvalue weighted by molar-refractivity contribution is 6.29. The van der Waals surface area contributed by atoms with Crippen LogP contribution in [-0.2, 0) is 6.54 Å². The average molecular weight is 308 g/mol. The molecule has 0 bridgehead atoms. The average Bonchev–Trinajstić information content (AvgIpc) is 2.41. The maximum absolute atomic E-state index is 12.1. The monoisotopic (exact) mass is 307 g/mol. The van der Waals surface area contributed by atoms with Crippen molar-refractivity contribution < 1.29 is 4.92 Å². The minimum Gasteiger partial charge on any atom is -0.292 e. The van der Waals surface area contributed by atoms with Crippen LogP contribution >= 0.6 is 11.6 Å². The predicted molar refractivity (Wildman–Crippen MR) is 79.8 cm³/mol. The lowest BCUT2D eigenvalue weighted by molar-refractivity contribution is -0.384. The van der Waals surface area contributed by atoms with E-state index >= 15 is 0 Å². The third-order valence-corrected chi connectivity index (χ3v) is 3.18. The van der Waals surface area contributed by atoms with Gasteiger partial charge in [0.25, 0.3) is 11.2 Å². The fourth-order valence-corrected chi connectivity index (χ4v) is 2.23. The van der Waals surface area contributed by atoms with Gasteiger partial charge in [0.15, 0.2) is 0 Å². The summed E-state index contributed by atoms with van der Waals surface area (Å²) in [5, 5.41) is 11.0. The summed E-state index contributed by atoms with van der Waals surface area (Å²) in [5.74, 6) is 0.564. The summed E-state index contributed by atoms with van der Waals surface area (Å²) in [4.78, 5) is 26.6. The van der Waals surface area contributed by atoms with Crippen LogP contribution < -0.4 is 5.56 Å². The van der Waals surface area contributed by atoms with Crippen molar-refractivity contribution in [2.75, 3.05) is 0 Å². The first kappa shape index (κ1) is 15.2. The summed E-state index contributed by atoms with van der Waals surface area (Å²) in [5.41, 5.74) is 0.385. The summed E-state index contributed by atoms with van der Waals surface area (Å²) in [7, 11) is 0.